The maximum absolute atomic E-state index is 9.25. The molecule has 0 amide bonds. The Labute approximate surface area is 145 Å². The van der Waals surface area contributed by atoms with Crippen LogP contribution in [-0.4, -0.2) is 37.3 Å². The predicted molar refractivity (Wildman–Crippen MR) is 94.1 cm³/mol. The zero-order chi connectivity index (χ0) is 17.2. The van der Waals surface area contributed by atoms with Crippen LogP contribution in [-0.2, 0) is 11.3 Å². The van der Waals surface area contributed by atoms with Gasteiger partial charge in [-0.15, -0.1) is 0 Å². The van der Waals surface area contributed by atoms with Crippen LogP contribution in [0, 0.1) is 6.92 Å². The summed E-state index contributed by atoms with van der Waals surface area (Å²) in [6.45, 7) is 2.79. The van der Waals surface area contributed by atoms with Gasteiger partial charge < -0.3 is 15.2 Å². The van der Waals surface area contributed by atoms with Crippen LogP contribution in [0.25, 0.3) is 11.2 Å². The van der Waals surface area contributed by atoms with Gasteiger partial charge in [0.1, 0.15) is 12.6 Å². The van der Waals surface area contributed by atoms with Crippen LogP contribution in [0.4, 0.5) is 5.82 Å². The van der Waals surface area contributed by atoms with Gasteiger partial charge in [0.2, 0.25) is 0 Å². The van der Waals surface area contributed by atoms with E-state index in [-0.39, 0.29) is 18.9 Å². The summed E-state index contributed by atoms with van der Waals surface area (Å²) >= 11 is 0. The normalized spacial score (nSPS) is 20.2. The third-order valence-corrected chi connectivity index (χ3v) is 4.54. The van der Waals surface area contributed by atoms with Gasteiger partial charge in [-0.3, -0.25) is 4.57 Å². The number of aliphatic hydroxyl groups excluding tert-OH is 1. The Morgan fingerprint density at radius 2 is 2.04 bits per heavy atom. The van der Waals surface area contributed by atoms with Crippen LogP contribution in [0.5, 0.6) is 0 Å². The molecule has 7 nitrogen and oxygen atoms in total. The van der Waals surface area contributed by atoms with Crippen molar-refractivity contribution in [1.29, 1.82) is 0 Å². The van der Waals surface area contributed by atoms with Crippen molar-refractivity contribution in [2.24, 2.45) is 0 Å². The van der Waals surface area contributed by atoms with Crippen LogP contribution in [0.15, 0.2) is 36.9 Å². The van der Waals surface area contributed by atoms with Gasteiger partial charge in [0.15, 0.2) is 17.0 Å². The second-order valence-electron chi connectivity index (χ2n) is 6.36. The average Bonchev–Trinajstić information content (AvgIpc) is 3.27. The summed E-state index contributed by atoms with van der Waals surface area (Å²) in [5.41, 5.74) is 3.89. The molecule has 4 rings (SSSR count). The molecule has 1 aliphatic rings. The highest BCUT2D eigenvalue weighted by molar-refractivity contribution is 5.82. The van der Waals surface area contributed by atoms with E-state index in [0.29, 0.717) is 12.4 Å². The van der Waals surface area contributed by atoms with Gasteiger partial charge in [-0.05, 0) is 25.3 Å². The molecular formula is C18H21N5O2. The number of imidazole rings is 1. The van der Waals surface area contributed by atoms with Crippen LogP contribution < -0.4 is 5.32 Å². The van der Waals surface area contributed by atoms with Crippen molar-refractivity contribution in [1.82, 2.24) is 19.5 Å². The van der Waals surface area contributed by atoms with Gasteiger partial charge in [-0.2, -0.15) is 0 Å². The lowest BCUT2D eigenvalue weighted by molar-refractivity contribution is -0.0207. The number of hydrogen-bond acceptors (Lipinski definition) is 6. The highest BCUT2D eigenvalue weighted by Gasteiger charge is 2.27. The summed E-state index contributed by atoms with van der Waals surface area (Å²) in [7, 11) is 0. The lowest BCUT2D eigenvalue weighted by Gasteiger charge is -2.14. The van der Waals surface area contributed by atoms with E-state index in [9.17, 15) is 5.11 Å². The van der Waals surface area contributed by atoms with Crippen LogP contribution in [0.1, 0.15) is 30.2 Å². The first-order chi connectivity index (χ1) is 12.2. The van der Waals surface area contributed by atoms with Crippen molar-refractivity contribution in [3.8, 4) is 0 Å². The monoisotopic (exact) mass is 339 g/mol. The zero-order valence-corrected chi connectivity index (χ0v) is 14.1. The fourth-order valence-corrected chi connectivity index (χ4v) is 3.11. The zero-order valence-electron chi connectivity index (χ0n) is 14.1. The first-order valence-electron chi connectivity index (χ1n) is 8.48. The SMILES string of the molecule is Cc1ccc(CNc2ncnc3c2ncn3[C@H]2CC[C@@H](CO)O2)cc1. The molecule has 130 valence electrons. The number of rotatable bonds is 5. The molecule has 0 radical (unpaired) electrons. The van der Waals surface area contributed by atoms with Gasteiger partial charge >= 0.3 is 0 Å². The molecule has 25 heavy (non-hydrogen) atoms. The Balaban J connectivity index is 1.55. The number of nitrogens with one attached hydrogen (secondary N) is 1. The molecule has 2 aromatic heterocycles. The second-order valence-corrected chi connectivity index (χ2v) is 6.36. The molecule has 1 saturated heterocycles. The minimum absolute atomic E-state index is 0.0431. The number of anilines is 1. The molecule has 3 aromatic rings. The van der Waals surface area contributed by atoms with E-state index < -0.39 is 0 Å². The third-order valence-electron chi connectivity index (χ3n) is 4.54. The molecule has 1 aliphatic heterocycles. The van der Waals surface area contributed by atoms with Crippen molar-refractivity contribution < 1.29 is 9.84 Å². The van der Waals surface area contributed by atoms with E-state index in [4.69, 9.17) is 4.74 Å². The van der Waals surface area contributed by atoms with Gasteiger partial charge in [0.05, 0.1) is 19.0 Å². The number of aryl methyl sites for hydroxylation is 1. The summed E-state index contributed by atoms with van der Waals surface area (Å²) in [6.07, 6.45) is 4.71. The number of nitrogens with zero attached hydrogens (tertiary/aromatic N) is 4. The number of aliphatic hydroxyl groups is 1. The van der Waals surface area contributed by atoms with E-state index in [1.54, 1.807) is 6.33 Å². The molecule has 2 atom stereocenters. The molecule has 0 unspecified atom stereocenters. The van der Waals surface area contributed by atoms with Crippen molar-refractivity contribution in [2.45, 2.75) is 38.6 Å². The number of hydrogen-bond donors (Lipinski definition) is 2. The van der Waals surface area contributed by atoms with Crippen LogP contribution in [0.3, 0.4) is 0 Å². The topological polar surface area (TPSA) is 85.1 Å². The van der Waals surface area contributed by atoms with Crippen molar-refractivity contribution in [3.63, 3.8) is 0 Å². The molecule has 0 aliphatic carbocycles. The number of benzene rings is 1. The molecular weight excluding hydrogens is 318 g/mol. The third kappa shape index (κ3) is 3.20. The van der Waals surface area contributed by atoms with Crippen molar-refractivity contribution >= 4 is 17.0 Å². The Bertz CT molecular complexity index is 862. The van der Waals surface area contributed by atoms with E-state index >= 15 is 0 Å². The lowest BCUT2D eigenvalue weighted by Crippen LogP contribution is -2.14. The molecule has 2 N–H and O–H groups in total. The second kappa shape index (κ2) is 6.78. The molecule has 1 fully saturated rings. The predicted octanol–water partition coefficient (Wildman–Crippen LogP) is 2.42. The first kappa shape index (κ1) is 16.0. The smallest absolute Gasteiger partial charge is 0.167 e. The lowest BCUT2D eigenvalue weighted by atomic mass is 10.1. The van der Waals surface area contributed by atoms with E-state index in [1.165, 1.54) is 17.5 Å². The summed E-state index contributed by atoms with van der Waals surface area (Å²) in [5, 5.41) is 12.6. The van der Waals surface area contributed by atoms with Gasteiger partial charge in [-0.25, -0.2) is 15.0 Å². The van der Waals surface area contributed by atoms with E-state index in [0.717, 1.165) is 24.0 Å². The van der Waals surface area contributed by atoms with Crippen molar-refractivity contribution in [3.05, 3.63) is 48.0 Å². The van der Waals surface area contributed by atoms with Crippen molar-refractivity contribution in [2.75, 3.05) is 11.9 Å². The number of aromatic nitrogens is 4. The first-order valence-corrected chi connectivity index (χ1v) is 8.48. The highest BCUT2D eigenvalue weighted by Crippen LogP contribution is 2.31. The number of ether oxygens (including phenoxy) is 1. The minimum Gasteiger partial charge on any atom is -0.394 e. The minimum atomic E-state index is -0.137. The maximum Gasteiger partial charge on any atom is 0.167 e. The van der Waals surface area contributed by atoms with Gasteiger partial charge in [0.25, 0.3) is 0 Å². The van der Waals surface area contributed by atoms with Gasteiger partial charge in [-0.1, -0.05) is 29.8 Å². The Hall–Kier alpha value is -2.51. The van der Waals surface area contributed by atoms with E-state index in [1.807, 2.05) is 4.57 Å². The summed E-state index contributed by atoms with van der Waals surface area (Å²) in [6, 6.07) is 8.38. The number of fused-ring (bicyclic) bond motifs is 1. The fraction of sp³-hybridized carbons (Fsp3) is 0.389. The fourth-order valence-electron chi connectivity index (χ4n) is 3.11. The summed E-state index contributed by atoms with van der Waals surface area (Å²) in [4.78, 5) is 13.2. The van der Waals surface area contributed by atoms with Crippen LogP contribution >= 0.6 is 0 Å². The molecule has 7 heteroatoms. The summed E-state index contributed by atoms with van der Waals surface area (Å²) in [5.74, 6) is 0.709. The molecule has 0 spiro atoms. The molecule has 0 bridgehead atoms. The Morgan fingerprint density at radius 3 is 2.80 bits per heavy atom. The quantitative estimate of drug-likeness (QED) is 0.742. The average molecular weight is 339 g/mol. The van der Waals surface area contributed by atoms with E-state index in [2.05, 4.69) is 51.5 Å². The van der Waals surface area contributed by atoms with Crippen LogP contribution in [0.2, 0.25) is 0 Å². The molecule has 0 saturated carbocycles. The largest absolute Gasteiger partial charge is 0.394 e. The molecule has 1 aromatic carbocycles. The maximum atomic E-state index is 9.25. The standard InChI is InChI=1S/C18H21N5O2/c1-12-2-4-13(5-3-12)8-19-17-16-18(21-10-20-17)23(11-22-16)15-7-6-14(9-24)25-15/h2-5,10-11,14-15,24H,6-9H2,1H3,(H,19,20,21)/t14-,15+/m0/s1. The Morgan fingerprint density at radius 1 is 1.20 bits per heavy atom. The molecule has 3 heterocycles. The van der Waals surface area contributed by atoms with Gasteiger partial charge in [0, 0.05) is 6.54 Å². The Kier molecular flexibility index (Phi) is 4.33. The highest BCUT2D eigenvalue weighted by atomic mass is 16.5. The summed E-state index contributed by atoms with van der Waals surface area (Å²) < 4.78 is 7.76.